The number of aliphatic carboxylic acids is 2. The van der Waals surface area contributed by atoms with Crippen molar-refractivity contribution >= 4 is 11.9 Å². The smallest absolute Gasteiger partial charge is 0.330 e. The van der Waals surface area contributed by atoms with E-state index < -0.39 is 69.9 Å². The Balaban J connectivity index is 1.35. The summed E-state index contributed by atoms with van der Waals surface area (Å²) in [5.74, 6) is -6.15. The second kappa shape index (κ2) is 11.1. The predicted octanol–water partition coefficient (Wildman–Crippen LogP) is 2.54. The summed E-state index contributed by atoms with van der Waals surface area (Å²) in [6.45, 7) is 11.1. The van der Waals surface area contributed by atoms with Crippen LogP contribution in [0.15, 0.2) is 23.3 Å². The summed E-state index contributed by atoms with van der Waals surface area (Å²) in [7, 11) is 0. The maximum atomic E-state index is 13.0. The minimum atomic E-state index is -2.07. The molecule has 7 aliphatic rings. The minimum absolute atomic E-state index is 0.0284. The molecule has 7 fully saturated rings. The number of carboxylic acids is 2. The van der Waals surface area contributed by atoms with E-state index in [1.54, 1.807) is 0 Å². The Hall–Kier alpha value is -1.86. The van der Waals surface area contributed by atoms with Gasteiger partial charge in [-0.3, -0.25) is 4.90 Å². The van der Waals surface area contributed by atoms with Crippen LogP contribution >= 0.6 is 0 Å². The zero-order valence-electron chi connectivity index (χ0n) is 28.9. The normalized spacial score (nSPS) is 54.6. The molecule has 4 aliphatic carbocycles. The van der Waals surface area contributed by atoms with Crippen LogP contribution in [0.3, 0.4) is 0 Å². The Kier molecular flexibility index (Phi) is 7.97. The Morgan fingerprint density at radius 1 is 0.896 bits per heavy atom. The number of carbonyl (C=O) groups is 2. The number of ether oxygens (including phenoxy) is 1. The highest BCUT2D eigenvalue weighted by atomic mass is 16.7. The van der Waals surface area contributed by atoms with Gasteiger partial charge in [0, 0.05) is 59.9 Å². The average Bonchev–Trinajstić information content (AvgIpc) is 3.41. The van der Waals surface area contributed by atoms with Gasteiger partial charge in [0.2, 0.25) is 0 Å². The van der Waals surface area contributed by atoms with Crippen molar-refractivity contribution in [2.45, 2.75) is 127 Å². The Morgan fingerprint density at radius 2 is 1.54 bits per heavy atom. The summed E-state index contributed by atoms with van der Waals surface area (Å²) in [5, 5.41) is 81.4. The highest BCUT2D eigenvalue weighted by Gasteiger charge is 2.85. The number of carboxylic acid groups (broad SMARTS) is 2. The molecule has 0 aromatic rings. The van der Waals surface area contributed by atoms with Crippen LogP contribution in [-0.2, 0) is 14.3 Å². The molecule has 3 saturated heterocycles. The van der Waals surface area contributed by atoms with Gasteiger partial charge in [0.25, 0.3) is 0 Å². The van der Waals surface area contributed by atoms with Crippen molar-refractivity contribution in [2.24, 2.45) is 52.8 Å². The molecule has 4 bridgehead atoms. The number of hydrogen-bond donors (Lipinski definition) is 7. The van der Waals surface area contributed by atoms with Crippen molar-refractivity contribution in [2.75, 3.05) is 13.1 Å². The maximum Gasteiger partial charge on any atom is 0.330 e. The van der Waals surface area contributed by atoms with Gasteiger partial charge in [0.15, 0.2) is 5.79 Å². The molecular weight excluding hydrogens is 618 g/mol. The molecule has 0 aromatic heterocycles. The Labute approximate surface area is 282 Å². The summed E-state index contributed by atoms with van der Waals surface area (Å²) in [6.07, 6.45) is 3.78. The Bertz CT molecular complexity index is 1430. The van der Waals surface area contributed by atoms with Crippen LogP contribution in [-0.4, -0.2) is 107 Å². The number of nitrogens with zero attached hydrogens (tertiary/aromatic N) is 1. The topological polar surface area (TPSA) is 188 Å². The van der Waals surface area contributed by atoms with Gasteiger partial charge < -0.3 is 40.5 Å². The monoisotopic (exact) mass is 673 g/mol. The zero-order chi connectivity index (χ0) is 34.9. The van der Waals surface area contributed by atoms with Crippen molar-refractivity contribution in [1.29, 1.82) is 0 Å². The Morgan fingerprint density at radius 3 is 2.19 bits per heavy atom. The standard InChI is InChI=1S/C37H55NO10/c1-18-6-7-24-21(4)27-23(17-38(24)16-18)22-15-36-29(28(22)35(46,30(27)40)11-9-20(3)32(43)44)25(39)14-26-33(36,5)12-13-34(45,37(26,47)48-36)10-8-19(2)31(41)42/h8-9,18,21-30,39-40,45-47H,6-7,10-17H2,1-5H3,(H,41,42)(H,43,44). The second-order valence-corrected chi connectivity index (χ2v) is 17.4. The molecular formula is C37H55NO10. The first-order valence-corrected chi connectivity index (χ1v) is 18.1. The summed E-state index contributed by atoms with van der Waals surface area (Å²) < 4.78 is 6.96. The van der Waals surface area contributed by atoms with Crippen molar-refractivity contribution in [3.8, 4) is 0 Å². The van der Waals surface area contributed by atoms with E-state index in [4.69, 9.17) is 4.74 Å². The molecule has 1 spiro atoms. The van der Waals surface area contributed by atoms with E-state index in [-0.39, 0.29) is 66.5 Å². The third kappa shape index (κ3) is 4.37. The van der Waals surface area contributed by atoms with Crippen molar-refractivity contribution in [3.05, 3.63) is 23.3 Å². The number of hydrogen-bond acceptors (Lipinski definition) is 9. The molecule has 0 amide bonds. The zero-order valence-corrected chi connectivity index (χ0v) is 28.9. The number of piperidine rings is 2. The SMILES string of the molecule is CC(=CCC1(O)C(O)C2C(C)C3CCC(C)CN3CC2C2CC34OC5(O)C(CC(O)C3C21)C4(C)CCC5(O)CC=C(C)C(=O)O)C(=O)O. The molecule has 16 atom stereocenters. The van der Waals surface area contributed by atoms with E-state index in [0.29, 0.717) is 18.8 Å². The molecule has 3 heterocycles. The molecule has 3 aliphatic heterocycles. The average molecular weight is 674 g/mol. The molecule has 11 nitrogen and oxygen atoms in total. The van der Waals surface area contributed by atoms with E-state index in [2.05, 4.69) is 25.7 Å². The van der Waals surface area contributed by atoms with Crippen LogP contribution in [0.5, 0.6) is 0 Å². The van der Waals surface area contributed by atoms with Gasteiger partial charge in [-0.15, -0.1) is 0 Å². The fourth-order valence-electron chi connectivity index (χ4n) is 12.9. The van der Waals surface area contributed by atoms with Crippen molar-refractivity contribution in [3.63, 3.8) is 0 Å². The molecule has 7 N–H and O–H groups in total. The summed E-state index contributed by atoms with van der Waals surface area (Å²) in [5.41, 5.74) is -5.26. The van der Waals surface area contributed by atoms with Crippen LogP contribution in [0.4, 0.5) is 0 Å². The second-order valence-electron chi connectivity index (χ2n) is 17.4. The van der Waals surface area contributed by atoms with Gasteiger partial charge in [-0.1, -0.05) is 32.9 Å². The first-order valence-electron chi connectivity index (χ1n) is 18.1. The lowest BCUT2D eigenvalue weighted by Gasteiger charge is -2.62. The summed E-state index contributed by atoms with van der Waals surface area (Å²) in [4.78, 5) is 26.0. The van der Waals surface area contributed by atoms with E-state index in [1.807, 2.05) is 0 Å². The minimum Gasteiger partial charge on any atom is -0.478 e. The number of aliphatic hydroxyl groups excluding tert-OH is 2. The van der Waals surface area contributed by atoms with Crippen molar-refractivity contribution in [1.82, 2.24) is 4.90 Å². The van der Waals surface area contributed by atoms with E-state index in [1.165, 1.54) is 26.0 Å². The lowest BCUT2D eigenvalue weighted by atomic mass is 9.47. The molecule has 4 saturated carbocycles. The van der Waals surface area contributed by atoms with Gasteiger partial charge >= 0.3 is 11.9 Å². The van der Waals surface area contributed by atoms with Crippen LogP contribution in [0.2, 0.25) is 0 Å². The summed E-state index contributed by atoms with van der Waals surface area (Å²) in [6, 6.07) is 0.267. The fourth-order valence-corrected chi connectivity index (χ4v) is 12.9. The van der Waals surface area contributed by atoms with Gasteiger partial charge in [-0.2, -0.15) is 0 Å². The van der Waals surface area contributed by atoms with E-state index >= 15 is 0 Å². The summed E-state index contributed by atoms with van der Waals surface area (Å²) >= 11 is 0. The third-order valence-corrected chi connectivity index (χ3v) is 15.4. The number of rotatable bonds is 6. The quantitative estimate of drug-likeness (QED) is 0.205. The molecule has 48 heavy (non-hydrogen) atoms. The third-order valence-electron chi connectivity index (χ3n) is 15.4. The van der Waals surface area contributed by atoms with Crippen LogP contribution in [0, 0.1) is 52.8 Å². The number of aliphatic hydroxyl groups is 5. The molecule has 11 heteroatoms. The van der Waals surface area contributed by atoms with Gasteiger partial charge in [-0.25, -0.2) is 9.59 Å². The van der Waals surface area contributed by atoms with Crippen LogP contribution < -0.4 is 0 Å². The lowest BCUT2D eigenvalue weighted by Crippen LogP contribution is -2.70. The van der Waals surface area contributed by atoms with Gasteiger partial charge in [-0.05, 0) is 88.4 Å². The predicted molar refractivity (Wildman–Crippen MR) is 173 cm³/mol. The lowest BCUT2D eigenvalue weighted by molar-refractivity contribution is -0.322. The largest absolute Gasteiger partial charge is 0.478 e. The van der Waals surface area contributed by atoms with Crippen molar-refractivity contribution < 1.29 is 50.1 Å². The van der Waals surface area contributed by atoms with Crippen LogP contribution in [0.25, 0.3) is 0 Å². The molecule has 268 valence electrons. The first kappa shape index (κ1) is 34.6. The molecule has 0 aromatic carbocycles. The van der Waals surface area contributed by atoms with Gasteiger partial charge in [0.1, 0.15) is 5.60 Å². The maximum absolute atomic E-state index is 13.0. The fraction of sp³-hybridized carbons (Fsp3) is 0.838. The first-order chi connectivity index (χ1) is 22.3. The number of fused-ring (bicyclic) bond motifs is 5. The van der Waals surface area contributed by atoms with Gasteiger partial charge in [0.05, 0.1) is 23.4 Å². The highest BCUT2D eigenvalue weighted by molar-refractivity contribution is 5.86. The molecule has 0 radical (unpaired) electrons. The molecule has 16 unspecified atom stereocenters. The van der Waals surface area contributed by atoms with Crippen LogP contribution in [0.1, 0.15) is 86.0 Å². The van der Waals surface area contributed by atoms with E-state index in [9.17, 15) is 45.3 Å². The highest BCUT2D eigenvalue weighted by Crippen LogP contribution is 2.78. The molecule has 7 rings (SSSR count). The van der Waals surface area contributed by atoms with E-state index in [0.717, 1.165) is 25.9 Å².